The van der Waals surface area contributed by atoms with Crippen LogP contribution in [0, 0.1) is 13.8 Å². The van der Waals surface area contributed by atoms with Gasteiger partial charge >= 0.3 is 12.2 Å². The number of rotatable bonds is 4. The zero-order valence-electron chi connectivity index (χ0n) is 13.6. The van der Waals surface area contributed by atoms with Crippen LogP contribution in [0.25, 0.3) is 0 Å². The third-order valence-electron chi connectivity index (χ3n) is 4.06. The molecule has 1 saturated heterocycles. The SMILES string of the molecule is Cc1ccc([C@]2(C)NC(=O)N(C[C@@H](O)CC(F)(F)F)C2=O)c(C)c1. The Morgan fingerprint density at radius 2 is 1.92 bits per heavy atom. The average molecular weight is 344 g/mol. The van der Waals surface area contributed by atoms with Gasteiger partial charge in [0, 0.05) is 0 Å². The lowest BCUT2D eigenvalue weighted by Crippen LogP contribution is -2.43. The molecule has 1 aliphatic rings. The van der Waals surface area contributed by atoms with E-state index in [1.807, 2.05) is 13.0 Å². The van der Waals surface area contributed by atoms with Crippen molar-refractivity contribution in [3.05, 3.63) is 34.9 Å². The smallest absolute Gasteiger partial charge is 0.391 e. The molecular weight excluding hydrogens is 325 g/mol. The number of amides is 3. The molecule has 2 N–H and O–H groups in total. The second-order valence-corrected chi connectivity index (χ2v) is 6.26. The van der Waals surface area contributed by atoms with E-state index in [1.165, 1.54) is 6.92 Å². The van der Waals surface area contributed by atoms with Crippen molar-refractivity contribution >= 4 is 11.9 Å². The Kier molecular flexibility index (Phi) is 4.63. The summed E-state index contributed by atoms with van der Waals surface area (Å²) in [5.41, 5.74) is 0.962. The van der Waals surface area contributed by atoms with E-state index in [2.05, 4.69) is 5.32 Å². The molecule has 1 aliphatic heterocycles. The van der Waals surface area contributed by atoms with Gasteiger partial charge in [0.2, 0.25) is 0 Å². The number of urea groups is 1. The van der Waals surface area contributed by atoms with Crippen LogP contribution in [0.4, 0.5) is 18.0 Å². The van der Waals surface area contributed by atoms with Crippen LogP contribution in [-0.4, -0.2) is 40.8 Å². The van der Waals surface area contributed by atoms with Crippen LogP contribution in [0.2, 0.25) is 0 Å². The van der Waals surface area contributed by atoms with Crippen LogP contribution in [0.5, 0.6) is 0 Å². The summed E-state index contributed by atoms with van der Waals surface area (Å²) < 4.78 is 37.0. The Labute approximate surface area is 137 Å². The maximum absolute atomic E-state index is 12.6. The zero-order valence-corrected chi connectivity index (χ0v) is 13.6. The Hall–Kier alpha value is -2.09. The van der Waals surface area contributed by atoms with Gasteiger partial charge in [0.25, 0.3) is 5.91 Å². The van der Waals surface area contributed by atoms with Crippen LogP contribution in [0.3, 0.4) is 0 Å². The number of hydrogen-bond acceptors (Lipinski definition) is 3. The van der Waals surface area contributed by atoms with Crippen molar-refractivity contribution < 1.29 is 27.9 Å². The first-order valence-electron chi connectivity index (χ1n) is 7.40. The quantitative estimate of drug-likeness (QED) is 0.824. The Bertz CT molecular complexity index is 675. The van der Waals surface area contributed by atoms with E-state index in [0.29, 0.717) is 10.5 Å². The number of alkyl halides is 3. The van der Waals surface area contributed by atoms with Crippen molar-refractivity contribution in [2.75, 3.05) is 6.54 Å². The third-order valence-corrected chi connectivity index (χ3v) is 4.06. The van der Waals surface area contributed by atoms with Gasteiger partial charge in [-0.25, -0.2) is 4.79 Å². The molecule has 1 heterocycles. The molecule has 0 unspecified atom stereocenters. The molecule has 24 heavy (non-hydrogen) atoms. The molecule has 1 aromatic carbocycles. The summed E-state index contributed by atoms with van der Waals surface area (Å²) in [6, 6.07) is 4.53. The number of β-amino-alcohol motifs (C(OH)–C–C–N with tert-alkyl or cyclic N) is 1. The molecule has 0 aliphatic carbocycles. The number of carbonyl (C=O) groups excluding carboxylic acids is 2. The molecule has 0 bridgehead atoms. The lowest BCUT2D eigenvalue weighted by atomic mass is 9.87. The van der Waals surface area contributed by atoms with E-state index in [0.717, 1.165) is 11.1 Å². The highest BCUT2D eigenvalue weighted by atomic mass is 19.4. The summed E-state index contributed by atoms with van der Waals surface area (Å²) in [6.45, 7) is 4.47. The number of imide groups is 1. The fraction of sp³-hybridized carbons (Fsp3) is 0.500. The van der Waals surface area contributed by atoms with Gasteiger partial charge in [-0.05, 0) is 31.9 Å². The van der Waals surface area contributed by atoms with Gasteiger partial charge in [0.1, 0.15) is 5.54 Å². The highest BCUT2D eigenvalue weighted by Crippen LogP contribution is 2.32. The molecule has 132 valence electrons. The summed E-state index contributed by atoms with van der Waals surface area (Å²) in [6.07, 6.45) is -7.92. The molecule has 2 rings (SSSR count). The Morgan fingerprint density at radius 1 is 1.29 bits per heavy atom. The molecule has 0 aromatic heterocycles. The van der Waals surface area contributed by atoms with E-state index in [4.69, 9.17) is 0 Å². The fourth-order valence-electron chi connectivity index (χ4n) is 2.96. The first kappa shape index (κ1) is 18.3. The number of aryl methyl sites for hydroxylation is 2. The minimum atomic E-state index is -4.57. The Morgan fingerprint density at radius 3 is 2.46 bits per heavy atom. The first-order chi connectivity index (χ1) is 10.9. The number of halogens is 3. The summed E-state index contributed by atoms with van der Waals surface area (Å²) in [4.78, 5) is 25.3. The van der Waals surface area contributed by atoms with Crippen molar-refractivity contribution in [1.29, 1.82) is 0 Å². The summed E-state index contributed by atoms with van der Waals surface area (Å²) >= 11 is 0. The van der Waals surface area contributed by atoms with Crippen LogP contribution in [-0.2, 0) is 10.3 Å². The van der Waals surface area contributed by atoms with Crippen LogP contribution in [0.15, 0.2) is 18.2 Å². The normalized spacial score (nSPS) is 22.7. The Balaban J connectivity index is 2.24. The van der Waals surface area contributed by atoms with Crippen molar-refractivity contribution in [2.45, 2.75) is 45.0 Å². The summed E-state index contributed by atoms with van der Waals surface area (Å²) in [5, 5.41) is 12.0. The molecule has 3 amide bonds. The highest BCUT2D eigenvalue weighted by molar-refractivity contribution is 6.07. The monoisotopic (exact) mass is 344 g/mol. The van der Waals surface area contributed by atoms with Crippen LogP contribution in [0.1, 0.15) is 30.0 Å². The van der Waals surface area contributed by atoms with Gasteiger partial charge in [-0.1, -0.05) is 23.8 Å². The molecular formula is C16H19F3N2O3. The van der Waals surface area contributed by atoms with E-state index >= 15 is 0 Å². The molecule has 1 fully saturated rings. The molecule has 0 saturated carbocycles. The van der Waals surface area contributed by atoms with Gasteiger partial charge < -0.3 is 10.4 Å². The molecule has 0 radical (unpaired) electrons. The average Bonchev–Trinajstić information content (AvgIpc) is 2.61. The third kappa shape index (κ3) is 3.53. The maximum atomic E-state index is 12.6. The second-order valence-electron chi connectivity index (χ2n) is 6.26. The van der Waals surface area contributed by atoms with E-state index < -0.39 is 42.7 Å². The highest BCUT2D eigenvalue weighted by Gasteiger charge is 2.50. The number of aliphatic hydroxyl groups is 1. The number of nitrogens with one attached hydrogen (secondary N) is 1. The first-order valence-corrected chi connectivity index (χ1v) is 7.40. The van der Waals surface area contributed by atoms with Crippen molar-refractivity contribution in [3.8, 4) is 0 Å². The lowest BCUT2D eigenvalue weighted by molar-refractivity contribution is -0.156. The predicted molar refractivity (Wildman–Crippen MR) is 80.2 cm³/mol. The van der Waals surface area contributed by atoms with Gasteiger partial charge in [-0.3, -0.25) is 9.69 Å². The van der Waals surface area contributed by atoms with E-state index in [1.54, 1.807) is 19.1 Å². The number of carbonyl (C=O) groups is 2. The molecule has 1 aromatic rings. The fourth-order valence-corrected chi connectivity index (χ4v) is 2.96. The van der Waals surface area contributed by atoms with E-state index in [9.17, 15) is 27.9 Å². The summed E-state index contributed by atoms with van der Waals surface area (Å²) in [5.74, 6) is -0.680. The van der Waals surface area contributed by atoms with Crippen LogP contribution >= 0.6 is 0 Å². The standard InChI is InChI=1S/C16H19F3N2O3/c1-9-4-5-12(10(2)6-9)15(3)13(23)21(14(24)20-15)8-11(22)7-16(17,18)19/h4-6,11,22H,7-8H2,1-3H3,(H,20,24)/t11-,15-/m0/s1. The molecule has 2 atom stereocenters. The van der Waals surface area contributed by atoms with Gasteiger partial charge in [-0.2, -0.15) is 13.2 Å². The molecule has 8 heteroatoms. The lowest BCUT2D eigenvalue weighted by Gasteiger charge is -2.25. The van der Waals surface area contributed by atoms with Crippen LogP contribution < -0.4 is 5.32 Å². The van der Waals surface area contributed by atoms with Gasteiger partial charge in [0.15, 0.2) is 0 Å². The topological polar surface area (TPSA) is 69.6 Å². The van der Waals surface area contributed by atoms with E-state index in [-0.39, 0.29) is 0 Å². The van der Waals surface area contributed by atoms with Crippen molar-refractivity contribution in [1.82, 2.24) is 10.2 Å². The number of nitrogens with zero attached hydrogens (tertiary/aromatic N) is 1. The largest absolute Gasteiger partial charge is 0.391 e. The number of aliphatic hydroxyl groups excluding tert-OH is 1. The second kappa shape index (κ2) is 6.08. The zero-order chi connectivity index (χ0) is 18.3. The van der Waals surface area contributed by atoms with Crippen molar-refractivity contribution in [3.63, 3.8) is 0 Å². The van der Waals surface area contributed by atoms with Gasteiger partial charge in [0.05, 0.1) is 19.1 Å². The molecule has 0 spiro atoms. The number of benzene rings is 1. The van der Waals surface area contributed by atoms with Gasteiger partial charge in [-0.15, -0.1) is 0 Å². The van der Waals surface area contributed by atoms with Crippen molar-refractivity contribution in [2.24, 2.45) is 0 Å². The minimum absolute atomic E-state index is 0.569. The minimum Gasteiger partial charge on any atom is -0.391 e. The maximum Gasteiger partial charge on any atom is 0.391 e. The molecule has 5 nitrogen and oxygen atoms in total. The predicted octanol–water partition coefficient (Wildman–Crippen LogP) is 2.38. The summed E-state index contributed by atoms with van der Waals surface area (Å²) in [7, 11) is 0. The number of hydrogen-bond donors (Lipinski definition) is 2.